The zero-order chi connectivity index (χ0) is 21.3. The minimum Gasteiger partial charge on any atom is -0.478 e. The van der Waals surface area contributed by atoms with Gasteiger partial charge in [-0.3, -0.25) is 0 Å². The number of hydrogen-bond acceptors (Lipinski definition) is 1. The normalized spacial score (nSPS) is 10.4. The van der Waals surface area contributed by atoms with Gasteiger partial charge < -0.3 is 5.11 Å². The van der Waals surface area contributed by atoms with Crippen LogP contribution in [0.25, 0.3) is 0 Å². The quantitative estimate of drug-likeness (QED) is 0.135. The number of carboxylic acids is 1. The summed E-state index contributed by atoms with van der Waals surface area (Å²) >= 11 is 0. The Morgan fingerprint density at radius 1 is 0.655 bits per heavy atom. The summed E-state index contributed by atoms with van der Waals surface area (Å²) in [5, 5.41) is 8.40. The van der Waals surface area contributed by atoms with E-state index in [1.807, 2.05) is 0 Å². The second kappa shape index (κ2) is 24.4. The minimum absolute atomic E-state index is 0.885. The molecule has 0 fully saturated rings. The SMILES string of the molecule is CCCCCCCCCCCCCCCCCCCCC#CC#CC=CC(=O)O. The van der Waals surface area contributed by atoms with Crippen LogP contribution in [0.5, 0.6) is 0 Å². The molecule has 0 atom stereocenters. The third kappa shape index (κ3) is 26.3. The van der Waals surface area contributed by atoms with Crippen molar-refractivity contribution in [2.45, 2.75) is 129 Å². The Hall–Kier alpha value is -1.67. The molecule has 0 heterocycles. The molecule has 0 aromatic carbocycles. The van der Waals surface area contributed by atoms with E-state index in [9.17, 15) is 4.79 Å². The average molecular weight is 401 g/mol. The molecule has 0 saturated carbocycles. The molecule has 29 heavy (non-hydrogen) atoms. The summed E-state index contributed by atoms with van der Waals surface area (Å²) in [6.07, 6.45) is 28.2. The first-order valence-electron chi connectivity index (χ1n) is 12.1. The molecule has 0 spiro atoms. The number of carboxylic acid groups (broad SMARTS) is 1. The fourth-order valence-electron chi connectivity index (χ4n) is 3.41. The van der Waals surface area contributed by atoms with E-state index in [0.717, 1.165) is 18.9 Å². The van der Waals surface area contributed by atoms with Gasteiger partial charge in [-0.25, -0.2) is 4.79 Å². The topological polar surface area (TPSA) is 37.3 Å². The first-order chi connectivity index (χ1) is 14.3. The summed E-state index contributed by atoms with van der Waals surface area (Å²) in [7, 11) is 0. The first-order valence-corrected chi connectivity index (χ1v) is 12.1. The van der Waals surface area contributed by atoms with Crippen LogP contribution in [0.2, 0.25) is 0 Å². The highest BCUT2D eigenvalue weighted by molar-refractivity contribution is 5.80. The van der Waals surface area contributed by atoms with Crippen molar-refractivity contribution >= 4 is 5.97 Å². The monoisotopic (exact) mass is 400 g/mol. The van der Waals surface area contributed by atoms with E-state index < -0.39 is 5.97 Å². The standard InChI is InChI=1S/C27H44O2/c1-2-3-4-5-6-7-8-9-10-11-12-13-14-15-16-17-18-19-20-21-22-23-24-25-26-27(28)29/h25-26H,2-20H2,1H3,(H,28,29). The van der Waals surface area contributed by atoms with Gasteiger partial charge in [0.1, 0.15) is 0 Å². The molecule has 0 rings (SSSR count). The molecule has 0 aromatic rings. The molecule has 0 radical (unpaired) electrons. The van der Waals surface area contributed by atoms with E-state index in [0.29, 0.717) is 0 Å². The average Bonchev–Trinajstić information content (AvgIpc) is 2.71. The van der Waals surface area contributed by atoms with Crippen molar-refractivity contribution in [3.63, 3.8) is 0 Å². The fourth-order valence-corrected chi connectivity index (χ4v) is 3.41. The molecule has 0 amide bonds. The van der Waals surface area contributed by atoms with Gasteiger partial charge in [-0.05, 0) is 24.3 Å². The first kappa shape index (κ1) is 27.3. The molecule has 0 aliphatic rings. The van der Waals surface area contributed by atoms with Crippen LogP contribution in [0.1, 0.15) is 129 Å². The Labute approximate surface area is 180 Å². The van der Waals surface area contributed by atoms with Crippen LogP contribution in [0.3, 0.4) is 0 Å². The van der Waals surface area contributed by atoms with E-state index in [1.165, 1.54) is 115 Å². The van der Waals surface area contributed by atoms with Crippen LogP contribution in [0.4, 0.5) is 0 Å². The van der Waals surface area contributed by atoms with Crippen LogP contribution >= 0.6 is 0 Å². The van der Waals surface area contributed by atoms with Crippen LogP contribution in [0, 0.1) is 23.7 Å². The second-order valence-electron chi connectivity index (χ2n) is 8.00. The molecular formula is C27H44O2. The van der Waals surface area contributed by atoms with Gasteiger partial charge in [-0.1, -0.05) is 128 Å². The number of carbonyl (C=O) groups is 1. The highest BCUT2D eigenvalue weighted by Gasteiger charge is 1.94. The lowest BCUT2D eigenvalue weighted by Crippen LogP contribution is -1.84. The maximum absolute atomic E-state index is 10.2. The summed E-state index contributed by atoms with van der Waals surface area (Å²) in [6.45, 7) is 2.28. The zero-order valence-corrected chi connectivity index (χ0v) is 18.9. The second-order valence-corrected chi connectivity index (χ2v) is 8.00. The Balaban J connectivity index is 3.18. The number of allylic oxidation sites excluding steroid dienone is 1. The Bertz CT molecular complexity index is 510. The molecule has 0 aliphatic heterocycles. The van der Waals surface area contributed by atoms with Crippen molar-refractivity contribution < 1.29 is 9.90 Å². The van der Waals surface area contributed by atoms with E-state index in [4.69, 9.17) is 5.11 Å². The van der Waals surface area contributed by atoms with Crippen molar-refractivity contribution in [1.82, 2.24) is 0 Å². The van der Waals surface area contributed by atoms with Crippen LogP contribution in [-0.2, 0) is 4.79 Å². The van der Waals surface area contributed by atoms with Crippen LogP contribution in [0.15, 0.2) is 12.2 Å². The number of unbranched alkanes of at least 4 members (excludes halogenated alkanes) is 18. The van der Waals surface area contributed by atoms with Gasteiger partial charge >= 0.3 is 5.97 Å². The van der Waals surface area contributed by atoms with Gasteiger partial charge in [0.15, 0.2) is 0 Å². The molecule has 1 N–H and O–H groups in total. The summed E-state index contributed by atoms with van der Waals surface area (Å²) in [5.41, 5.74) is 0. The maximum atomic E-state index is 10.2. The van der Waals surface area contributed by atoms with E-state index in [-0.39, 0.29) is 0 Å². The van der Waals surface area contributed by atoms with E-state index in [2.05, 4.69) is 30.6 Å². The van der Waals surface area contributed by atoms with Gasteiger partial charge in [0.05, 0.1) is 0 Å². The maximum Gasteiger partial charge on any atom is 0.328 e. The van der Waals surface area contributed by atoms with Crippen molar-refractivity contribution in [2.75, 3.05) is 0 Å². The number of hydrogen-bond donors (Lipinski definition) is 1. The Morgan fingerprint density at radius 2 is 1.07 bits per heavy atom. The van der Waals surface area contributed by atoms with Crippen molar-refractivity contribution in [2.24, 2.45) is 0 Å². The van der Waals surface area contributed by atoms with Gasteiger partial charge in [-0.2, -0.15) is 0 Å². The third-order valence-corrected chi connectivity index (χ3v) is 5.19. The molecule has 0 saturated heterocycles. The largest absolute Gasteiger partial charge is 0.478 e. The van der Waals surface area contributed by atoms with Crippen LogP contribution < -0.4 is 0 Å². The molecule has 2 nitrogen and oxygen atoms in total. The van der Waals surface area contributed by atoms with E-state index >= 15 is 0 Å². The van der Waals surface area contributed by atoms with Gasteiger partial charge in [0, 0.05) is 12.5 Å². The lowest BCUT2D eigenvalue weighted by molar-refractivity contribution is -0.131. The van der Waals surface area contributed by atoms with E-state index in [1.54, 1.807) is 0 Å². The Morgan fingerprint density at radius 3 is 1.48 bits per heavy atom. The Kier molecular flexibility index (Phi) is 23.0. The number of rotatable bonds is 19. The molecule has 0 bridgehead atoms. The summed E-state index contributed by atoms with van der Waals surface area (Å²) in [6, 6.07) is 0. The zero-order valence-electron chi connectivity index (χ0n) is 18.9. The molecule has 0 aromatic heterocycles. The molecular weight excluding hydrogens is 356 g/mol. The highest BCUT2D eigenvalue weighted by Crippen LogP contribution is 2.14. The molecule has 2 heteroatoms. The summed E-state index contributed by atoms with van der Waals surface area (Å²) < 4.78 is 0. The van der Waals surface area contributed by atoms with Gasteiger partial charge in [0.25, 0.3) is 0 Å². The lowest BCUT2D eigenvalue weighted by atomic mass is 10.0. The van der Waals surface area contributed by atoms with Gasteiger partial charge in [0.2, 0.25) is 0 Å². The van der Waals surface area contributed by atoms with Crippen molar-refractivity contribution in [3.8, 4) is 23.7 Å². The molecule has 0 unspecified atom stereocenters. The van der Waals surface area contributed by atoms with Gasteiger partial charge in [-0.15, -0.1) is 0 Å². The highest BCUT2D eigenvalue weighted by atomic mass is 16.4. The van der Waals surface area contributed by atoms with Crippen molar-refractivity contribution in [1.29, 1.82) is 0 Å². The summed E-state index contributed by atoms with van der Waals surface area (Å²) in [4.78, 5) is 10.2. The smallest absolute Gasteiger partial charge is 0.328 e. The predicted molar refractivity (Wildman–Crippen MR) is 126 cm³/mol. The fraction of sp³-hybridized carbons (Fsp3) is 0.741. The van der Waals surface area contributed by atoms with Crippen LogP contribution in [-0.4, -0.2) is 11.1 Å². The summed E-state index contributed by atoms with van der Waals surface area (Å²) in [5.74, 6) is 10.0. The minimum atomic E-state index is -0.980. The van der Waals surface area contributed by atoms with Crippen molar-refractivity contribution in [3.05, 3.63) is 12.2 Å². The lowest BCUT2D eigenvalue weighted by Gasteiger charge is -2.03. The molecule has 0 aliphatic carbocycles. The predicted octanol–water partition coefficient (Wildman–Crippen LogP) is 8.07. The number of aliphatic carboxylic acids is 1. The molecule has 164 valence electrons. The third-order valence-electron chi connectivity index (χ3n) is 5.19.